The van der Waals surface area contributed by atoms with E-state index in [2.05, 4.69) is 10.3 Å². The van der Waals surface area contributed by atoms with E-state index in [1.807, 2.05) is 0 Å². The summed E-state index contributed by atoms with van der Waals surface area (Å²) in [5, 5.41) is 53.1. The number of carbonyl (C=O) groups is 2. The zero-order chi connectivity index (χ0) is 27.0. The Morgan fingerprint density at radius 2 is 1.94 bits per heavy atom. The molecule has 202 valence electrons. The number of aliphatic hydroxyl groups excluding tert-OH is 4. The van der Waals surface area contributed by atoms with Gasteiger partial charge in [-0.05, 0) is 18.9 Å². The first-order valence-corrected chi connectivity index (χ1v) is 12.6. The van der Waals surface area contributed by atoms with Crippen molar-refractivity contribution in [2.45, 2.75) is 62.6 Å². The topological polar surface area (TPSA) is 264 Å². The van der Waals surface area contributed by atoms with E-state index in [1.54, 1.807) is 0 Å². The second-order valence-corrected chi connectivity index (χ2v) is 10.9. The third-order valence-corrected chi connectivity index (χ3v) is 7.82. The molecule has 1 aliphatic carbocycles. The number of nitrogen functional groups attached to an aromatic ring is 1. The standard InChI is InChI=1S/C19H29N4O12P/c1-8(24)21-9-4-19(17(29)30,5-10(25)13(9)26)7-36(32,33)34-6-11-14(27)15(28)16(35-11)23-3-2-12(20)22-18(23)31/h2-3,9-11,13-16,25-28H,4-7H2,1H3,(H,21,24)(H,29,30)(H,32,33)(H2,20,22,31)/t9-,10+,11+,13+,14+,15+,16+,19+/m0/s1. The number of anilines is 1. The maximum absolute atomic E-state index is 12.9. The molecule has 0 radical (unpaired) electrons. The number of aliphatic carboxylic acids is 1. The van der Waals surface area contributed by atoms with E-state index < -0.39 is 99.0 Å². The van der Waals surface area contributed by atoms with Crippen molar-refractivity contribution in [3.05, 3.63) is 22.7 Å². The molecular weight excluding hydrogens is 507 g/mol. The van der Waals surface area contributed by atoms with Crippen LogP contribution in [0.5, 0.6) is 0 Å². The zero-order valence-corrected chi connectivity index (χ0v) is 20.0. The van der Waals surface area contributed by atoms with Crippen LogP contribution in [0.1, 0.15) is 26.0 Å². The second kappa shape index (κ2) is 10.5. The molecule has 2 fully saturated rings. The number of hydrogen-bond donors (Lipinski definition) is 8. The fraction of sp³-hybridized carbons (Fsp3) is 0.684. The highest BCUT2D eigenvalue weighted by molar-refractivity contribution is 7.52. The summed E-state index contributed by atoms with van der Waals surface area (Å²) in [5.74, 6) is -2.24. The van der Waals surface area contributed by atoms with Gasteiger partial charge in [0.25, 0.3) is 0 Å². The molecule has 16 nitrogen and oxygen atoms in total. The largest absolute Gasteiger partial charge is 0.481 e. The van der Waals surface area contributed by atoms with Gasteiger partial charge in [0.15, 0.2) is 6.23 Å². The number of carboxylic acids is 1. The number of amides is 1. The fourth-order valence-corrected chi connectivity index (χ4v) is 6.15. The number of hydrogen-bond acceptors (Lipinski definition) is 12. The minimum Gasteiger partial charge on any atom is -0.481 e. The minimum absolute atomic E-state index is 0.0844. The quantitative estimate of drug-likeness (QED) is 0.152. The predicted molar refractivity (Wildman–Crippen MR) is 118 cm³/mol. The number of nitrogens with two attached hydrogens (primary N) is 1. The van der Waals surface area contributed by atoms with Crippen molar-refractivity contribution < 1.29 is 53.8 Å². The van der Waals surface area contributed by atoms with E-state index in [4.69, 9.17) is 15.0 Å². The average Bonchev–Trinajstić information content (AvgIpc) is 3.03. The highest BCUT2D eigenvalue weighted by Gasteiger charge is 2.54. The molecule has 1 aliphatic heterocycles. The van der Waals surface area contributed by atoms with Gasteiger partial charge in [-0.2, -0.15) is 4.98 Å². The van der Waals surface area contributed by atoms with Crippen LogP contribution in [0.3, 0.4) is 0 Å². The summed E-state index contributed by atoms with van der Waals surface area (Å²) >= 11 is 0. The van der Waals surface area contributed by atoms with Crippen molar-refractivity contribution in [2.75, 3.05) is 18.5 Å². The number of ether oxygens (including phenoxy) is 1. The van der Waals surface area contributed by atoms with Crippen molar-refractivity contribution in [1.82, 2.24) is 14.9 Å². The molecule has 9 N–H and O–H groups in total. The molecule has 0 spiro atoms. The Hall–Kier alpha value is -2.43. The Kier molecular flexibility index (Phi) is 8.22. The summed E-state index contributed by atoms with van der Waals surface area (Å²) < 4.78 is 24.2. The highest BCUT2D eigenvalue weighted by Crippen LogP contribution is 2.52. The lowest BCUT2D eigenvalue weighted by Crippen LogP contribution is -2.58. The highest BCUT2D eigenvalue weighted by atomic mass is 31.2. The van der Waals surface area contributed by atoms with E-state index in [1.165, 1.54) is 12.3 Å². The lowest BCUT2D eigenvalue weighted by Gasteiger charge is -2.43. The van der Waals surface area contributed by atoms with Crippen molar-refractivity contribution in [2.24, 2.45) is 5.41 Å². The molecule has 0 aromatic carbocycles. The van der Waals surface area contributed by atoms with Gasteiger partial charge in [0.1, 0.15) is 30.2 Å². The van der Waals surface area contributed by atoms with Crippen molar-refractivity contribution in [3.63, 3.8) is 0 Å². The monoisotopic (exact) mass is 536 g/mol. The third-order valence-electron chi connectivity index (χ3n) is 6.27. The van der Waals surface area contributed by atoms with Gasteiger partial charge in [-0.25, -0.2) is 4.79 Å². The van der Waals surface area contributed by atoms with E-state index >= 15 is 0 Å². The van der Waals surface area contributed by atoms with Gasteiger partial charge in [0.2, 0.25) is 5.91 Å². The molecule has 1 saturated heterocycles. The lowest BCUT2D eigenvalue weighted by molar-refractivity contribution is -0.158. The molecule has 1 aromatic heterocycles. The Balaban J connectivity index is 1.72. The van der Waals surface area contributed by atoms with Crippen LogP contribution in [0.2, 0.25) is 0 Å². The summed E-state index contributed by atoms with van der Waals surface area (Å²) in [6.07, 6.45) is -10.1. The summed E-state index contributed by atoms with van der Waals surface area (Å²) in [6.45, 7) is 0.356. The molecule has 17 heteroatoms. The summed E-state index contributed by atoms with van der Waals surface area (Å²) in [5.41, 5.74) is 2.50. The number of carbonyl (C=O) groups excluding carboxylic acids is 1. The molecular formula is C19H29N4O12P. The number of carboxylic acid groups (broad SMARTS) is 1. The van der Waals surface area contributed by atoms with Gasteiger partial charge in [0, 0.05) is 13.1 Å². The Labute approximate surface area is 203 Å². The van der Waals surface area contributed by atoms with Crippen molar-refractivity contribution in [3.8, 4) is 0 Å². The average molecular weight is 536 g/mol. The number of rotatable bonds is 8. The van der Waals surface area contributed by atoms with Gasteiger partial charge < -0.3 is 50.7 Å². The minimum atomic E-state index is -4.75. The van der Waals surface area contributed by atoms with Crippen LogP contribution in [0, 0.1) is 5.41 Å². The maximum Gasteiger partial charge on any atom is 0.351 e. The van der Waals surface area contributed by atoms with Crippen LogP contribution >= 0.6 is 7.60 Å². The van der Waals surface area contributed by atoms with Crippen LogP contribution < -0.4 is 16.7 Å². The van der Waals surface area contributed by atoms with Gasteiger partial charge >= 0.3 is 19.3 Å². The fourth-order valence-electron chi connectivity index (χ4n) is 4.52. The number of nitrogens with one attached hydrogen (secondary N) is 1. The van der Waals surface area contributed by atoms with E-state index in [9.17, 15) is 49.4 Å². The second-order valence-electron chi connectivity index (χ2n) is 9.04. The summed E-state index contributed by atoms with van der Waals surface area (Å²) in [7, 11) is -4.75. The first kappa shape index (κ1) is 28.1. The molecule has 2 aliphatic rings. The SMILES string of the molecule is CC(=O)N[C@H]1C[C@@](CP(=O)(O)OC[C@H]2O[C@@H](n3ccc(N)nc3=O)[C@H](O)[C@@H]2O)(C(=O)O)C[C@@H](O)[C@@H]1O. The first-order chi connectivity index (χ1) is 16.7. The Morgan fingerprint density at radius 1 is 1.28 bits per heavy atom. The maximum atomic E-state index is 12.9. The predicted octanol–water partition coefficient (Wildman–Crippen LogP) is -3.26. The van der Waals surface area contributed by atoms with E-state index in [-0.39, 0.29) is 5.82 Å². The zero-order valence-electron chi connectivity index (χ0n) is 19.1. The van der Waals surface area contributed by atoms with Gasteiger partial charge in [-0.15, -0.1) is 0 Å². The van der Waals surface area contributed by atoms with Crippen LogP contribution in [0.15, 0.2) is 17.1 Å². The molecule has 0 bridgehead atoms. The van der Waals surface area contributed by atoms with Gasteiger partial charge in [-0.3, -0.25) is 18.7 Å². The lowest BCUT2D eigenvalue weighted by atomic mass is 9.70. The van der Waals surface area contributed by atoms with E-state index in [0.29, 0.717) is 0 Å². The normalized spacial score (nSPS) is 36.2. The molecule has 2 heterocycles. The van der Waals surface area contributed by atoms with Crippen LogP contribution in [0.25, 0.3) is 0 Å². The molecule has 1 unspecified atom stereocenters. The molecule has 36 heavy (non-hydrogen) atoms. The molecule has 1 aromatic rings. The van der Waals surface area contributed by atoms with Gasteiger partial charge in [-0.1, -0.05) is 0 Å². The molecule has 1 saturated carbocycles. The summed E-state index contributed by atoms with van der Waals surface area (Å²) in [6, 6.07) is 0.0510. The molecule has 9 atom stereocenters. The molecule has 3 rings (SSSR count). The van der Waals surface area contributed by atoms with Crippen molar-refractivity contribution in [1.29, 1.82) is 0 Å². The van der Waals surface area contributed by atoms with Crippen LogP contribution in [0.4, 0.5) is 5.82 Å². The summed E-state index contributed by atoms with van der Waals surface area (Å²) in [4.78, 5) is 49.5. The number of aliphatic hydroxyl groups is 4. The van der Waals surface area contributed by atoms with Crippen molar-refractivity contribution >= 4 is 25.3 Å². The van der Waals surface area contributed by atoms with Gasteiger partial charge in [0.05, 0.1) is 30.3 Å². The first-order valence-electron chi connectivity index (χ1n) is 10.8. The Bertz CT molecular complexity index is 1100. The molecule has 1 amide bonds. The van der Waals surface area contributed by atoms with Crippen LogP contribution in [-0.2, 0) is 23.4 Å². The van der Waals surface area contributed by atoms with E-state index in [0.717, 1.165) is 11.5 Å². The smallest absolute Gasteiger partial charge is 0.351 e. The number of aromatic nitrogens is 2. The number of nitrogens with zero attached hydrogens (tertiary/aromatic N) is 2. The van der Waals surface area contributed by atoms with Crippen LogP contribution in [-0.4, -0.2) is 101 Å². The third kappa shape index (κ3) is 5.92. The Morgan fingerprint density at radius 3 is 2.53 bits per heavy atom.